The van der Waals surface area contributed by atoms with E-state index in [1.807, 2.05) is 0 Å². The minimum Gasteiger partial charge on any atom is -0.480 e. The number of carbonyl (C=O) groups excluding carboxylic acids is 2. The van der Waals surface area contributed by atoms with E-state index in [1.165, 1.54) is 23.6 Å². The van der Waals surface area contributed by atoms with Crippen molar-refractivity contribution in [3.8, 4) is 0 Å². The Labute approximate surface area is 125 Å². The van der Waals surface area contributed by atoms with Crippen LogP contribution < -0.4 is 10.6 Å². The van der Waals surface area contributed by atoms with Gasteiger partial charge in [0.15, 0.2) is 0 Å². The number of amides is 3. The quantitative estimate of drug-likeness (QED) is 0.788. The fourth-order valence-electron chi connectivity index (χ4n) is 1.88. The molecule has 7 nitrogen and oxygen atoms in total. The lowest BCUT2D eigenvalue weighted by molar-refractivity contribution is -0.140. The van der Waals surface area contributed by atoms with Gasteiger partial charge in [-0.3, -0.25) is 4.79 Å². The normalized spacial score (nSPS) is 17.4. The monoisotopic (exact) mass is 309 g/mol. The van der Waals surface area contributed by atoms with Gasteiger partial charge in [-0.2, -0.15) is 0 Å². The molecular formula is C13H15N3O4S. The molecular weight excluding hydrogens is 294 g/mol. The number of hydrogen-bond donors (Lipinski definition) is 3. The molecule has 0 aromatic heterocycles. The van der Waals surface area contributed by atoms with E-state index in [4.69, 9.17) is 5.11 Å². The Morgan fingerprint density at radius 2 is 1.76 bits per heavy atom. The van der Waals surface area contributed by atoms with Crippen LogP contribution in [0.2, 0.25) is 0 Å². The number of urea groups is 1. The van der Waals surface area contributed by atoms with E-state index >= 15 is 0 Å². The van der Waals surface area contributed by atoms with Crippen molar-refractivity contribution in [2.24, 2.45) is 0 Å². The standard InChI is InChI=1S/C13H15N3O4S/c1-8(17)14-9-2-4-10(5-3-9)15-13(20)16-7-21-6-11(16)12(18)19/h2-5,11H,6-7H2,1H3,(H,14,17)(H,15,20)(H,18,19). The van der Waals surface area contributed by atoms with E-state index in [0.717, 1.165) is 0 Å². The fourth-order valence-corrected chi connectivity index (χ4v) is 3.03. The van der Waals surface area contributed by atoms with E-state index in [2.05, 4.69) is 10.6 Å². The lowest BCUT2D eigenvalue weighted by Gasteiger charge is -2.20. The maximum atomic E-state index is 12.1. The summed E-state index contributed by atoms with van der Waals surface area (Å²) < 4.78 is 0. The Bertz CT molecular complexity index is 561. The summed E-state index contributed by atoms with van der Waals surface area (Å²) in [5, 5.41) is 14.3. The molecule has 1 saturated heterocycles. The Morgan fingerprint density at radius 1 is 1.19 bits per heavy atom. The van der Waals surface area contributed by atoms with Gasteiger partial charge in [0, 0.05) is 24.1 Å². The summed E-state index contributed by atoms with van der Waals surface area (Å²) >= 11 is 1.40. The topological polar surface area (TPSA) is 98.7 Å². The highest BCUT2D eigenvalue weighted by molar-refractivity contribution is 7.99. The predicted molar refractivity (Wildman–Crippen MR) is 80.4 cm³/mol. The molecule has 1 aliphatic rings. The van der Waals surface area contributed by atoms with E-state index in [9.17, 15) is 14.4 Å². The summed E-state index contributed by atoms with van der Waals surface area (Å²) in [6, 6.07) is 5.35. The first-order valence-electron chi connectivity index (χ1n) is 6.23. The largest absolute Gasteiger partial charge is 0.480 e. The summed E-state index contributed by atoms with van der Waals surface area (Å²) in [5.41, 5.74) is 1.16. The molecule has 21 heavy (non-hydrogen) atoms. The third-order valence-corrected chi connectivity index (χ3v) is 3.90. The molecule has 1 aliphatic heterocycles. The maximum absolute atomic E-state index is 12.1. The Kier molecular flexibility index (Phi) is 4.69. The van der Waals surface area contributed by atoms with Crippen LogP contribution in [0, 0.1) is 0 Å². The lowest BCUT2D eigenvalue weighted by atomic mass is 10.2. The number of anilines is 2. The van der Waals surface area contributed by atoms with Gasteiger partial charge in [0.1, 0.15) is 6.04 Å². The summed E-state index contributed by atoms with van der Waals surface area (Å²) in [7, 11) is 0. The Balaban J connectivity index is 1.99. The number of benzene rings is 1. The number of aliphatic carboxylic acids is 1. The molecule has 1 atom stereocenters. The van der Waals surface area contributed by atoms with Gasteiger partial charge in [0.05, 0.1) is 5.88 Å². The van der Waals surface area contributed by atoms with E-state index in [-0.39, 0.29) is 5.91 Å². The average Bonchev–Trinajstić information content (AvgIpc) is 2.90. The zero-order valence-electron chi connectivity index (χ0n) is 11.3. The molecule has 0 radical (unpaired) electrons. The van der Waals surface area contributed by atoms with Crippen molar-refractivity contribution >= 4 is 41.0 Å². The molecule has 112 valence electrons. The highest BCUT2D eigenvalue weighted by Gasteiger charge is 2.34. The van der Waals surface area contributed by atoms with E-state index in [0.29, 0.717) is 23.0 Å². The van der Waals surface area contributed by atoms with Gasteiger partial charge in [-0.1, -0.05) is 0 Å². The van der Waals surface area contributed by atoms with Gasteiger partial charge in [0.25, 0.3) is 0 Å². The molecule has 8 heteroatoms. The van der Waals surface area contributed by atoms with Crippen LogP contribution in [0.1, 0.15) is 6.92 Å². The second kappa shape index (κ2) is 6.49. The molecule has 3 N–H and O–H groups in total. The summed E-state index contributed by atoms with van der Waals surface area (Å²) in [6.07, 6.45) is 0. The summed E-state index contributed by atoms with van der Waals surface area (Å²) in [5.74, 6) is -0.432. The van der Waals surface area contributed by atoms with Crippen LogP contribution in [0.15, 0.2) is 24.3 Å². The average molecular weight is 309 g/mol. The number of thioether (sulfide) groups is 1. The second-order valence-corrected chi connectivity index (χ2v) is 5.51. The molecule has 0 aliphatic carbocycles. The molecule has 0 spiro atoms. The number of nitrogens with zero attached hydrogens (tertiary/aromatic N) is 1. The van der Waals surface area contributed by atoms with Crippen LogP contribution in [0.5, 0.6) is 0 Å². The summed E-state index contributed by atoms with van der Waals surface area (Å²) in [6.45, 7) is 1.41. The number of hydrogen-bond acceptors (Lipinski definition) is 4. The van der Waals surface area contributed by atoms with Gasteiger partial charge >= 0.3 is 12.0 Å². The van der Waals surface area contributed by atoms with Crippen LogP contribution in [0.4, 0.5) is 16.2 Å². The molecule has 3 amide bonds. The van der Waals surface area contributed by atoms with Crippen molar-refractivity contribution in [1.29, 1.82) is 0 Å². The zero-order chi connectivity index (χ0) is 15.4. The first-order valence-corrected chi connectivity index (χ1v) is 7.38. The van der Waals surface area contributed by atoms with Crippen molar-refractivity contribution in [3.63, 3.8) is 0 Å². The molecule has 2 rings (SSSR count). The first kappa shape index (κ1) is 15.2. The molecule has 0 saturated carbocycles. The smallest absolute Gasteiger partial charge is 0.327 e. The molecule has 1 aromatic rings. The van der Waals surface area contributed by atoms with Gasteiger partial charge in [0.2, 0.25) is 5.91 Å². The molecule has 1 aromatic carbocycles. The minimum absolute atomic E-state index is 0.176. The molecule has 1 unspecified atom stereocenters. The number of rotatable bonds is 3. The second-order valence-electron chi connectivity index (χ2n) is 4.51. The van der Waals surface area contributed by atoms with Crippen LogP contribution >= 0.6 is 11.8 Å². The van der Waals surface area contributed by atoms with Crippen molar-refractivity contribution in [3.05, 3.63) is 24.3 Å². The lowest BCUT2D eigenvalue weighted by Crippen LogP contribution is -2.43. The van der Waals surface area contributed by atoms with Gasteiger partial charge in [-0.25, -0.2) is 9.59 Å². The van der Waals surface area contributed by atoms with Crippen molar-refractivity contribution in [2.45, 2.75) is 13.0 Å². The van der Waals surface area contributed by atoms with Gasteiger partial charge < -0.3 is 20.6 Å². The van der Waals surface area contributed by atoms with Gasteiger partial charge in [-0.15, -0.1) is 11.8 Å². The van der Waals surface area contributed by atoms with Crippen molar-refractivity contribution < 1.29 is 19.5 Å². The molecule has 0 bridgehead atoms. The maximum Gasteiger partial charge on any atom is 0.327 e. The minimum atomic E-state index is -1.00. The summed E-state index contributed by atoms with van der Waals surface area (Å²) in [4.78, 5) is 35.3. The van der Waals surface area contributed by atoms with Crippen LogP contribution in [-0.4, -0.2) is 45.6 Å². The third kappa shape index (κ3) is 3.88. The fraction of sp³-hybridized carbons (Fsp3) is 0.308. The number of carboxylic acid groups (broad SMARTS) is 1. The highest BCUT2D eigenvalue weighted by Crippen LogP contribution is 2.22. The first-order chi connectivity index (χ1) is 9.97. The van der Waals surface area contributed by atoms with Crippen molar-refractivity contribution in [1.82, 2.24) is 4.90 Å². The zero-order valence-corrected chi connectivity index (χ0v) is 12.1. The highest BCUT2D eigenvalue weighted by atomic mass is 32.2. The number of carboxylic acids is 1. The predicted octanol–water partition coefficient (Wildman–Crippen LogP) is 1.64. The Hall–Kier alpha value is -2.22. The molecule has 1 fully saturated rings. The van der Waals surface area contributed by atoms with Crippen LogP contribution in [0.25, 0.3) is 0 Å². The van der Waals surface area contributed by atoms with Crippen LogP contribution in [-0.2, 0) is 9.59 Å². The van der Waals surface area contributed by atoms with Gasteiger partial charge in [-0.05, 0) is 24.3 Å². The molecule has 1 heterocycles. The number of carbonyl (C=O) groups is 3. The Morgan fingerprint density at radius 3 is 2.29 bits per heavy atom. The van der Waals surface area contributed by atoms with E-state index in [1.54, 1.807) is 24.3 Å². The van der Waals surface area contributed by atoms with Crippen molar-refractivity contribution in [2.75, 3.05) is 22.3 Å². The third-order valence-electron chi connectivity index (χ3n) is 2.88. The van der Waals surface area contributed by atoms with E-state index < -0.39 is 18.0 Å². The SMILES string of the molecule is CC(=O)Nc1ccc(NC(=O)N2CSCC2C(=O)O)cc1. The number of nitrogens with one attached hydrogen (secondary N) is 2. The van der Waals surface area contributed by atoms with Crippen LogP contribution in [0.3, 0.4) is 0 Å².